The first-order chi connectivity index (χ1) is 17.5. The van der Waals surface area contributed by atoms with Gasteiger partial charge in [0.1, 0.15) is 6.61 Å². The van der Waals surface area contributed by atoms with Crippen LogP contribution in [0.25, 0.3) is 10.8 Å². The molecule has 0 heterocycles. The largest absolute Gasteiger partial charge is 0.465 e. The van der Waals surface area contributed by atoms with Crippen molar-refractivity contribution in [3.8, 4) is 0 Å². The summed E-state index contributed by atoms with van der Waals surface area (Å²) in [5.41, 5.74) is 8.00. The molecule has 4 aromatic rings. The van der Waals surface area contributed by atoms with Gasteiger partial charge in [0.05, 0.1) is 42.6 Å². The highest BCUT2D eigenvalue weighted by Crippen LogP contribution is 2.37. The van der Waals surface area contributed by atoms with Crippen LogP contribution in [0.1, 0.15) is 38.2 Å². The van der Waals surface area contributed by atoms with Gasteiger partial charge in [-0.25, -0.2) is 24.6 Å². The molecule has 36 heavy (non-hydrogen) atoms. The summed E-state index contributed by atoms with van der Waals surface area (Å²) in [6.45, 7) is 4.22. The number of carbonyl (C=O) groups is 1. The molecule has 5 rings (SSSR count). The summed E-state index contributed by atoms with van der Waals surface area (Å²) in [6.07, 6.45) is 0. The molecule has 0 aliphatic heterocycles. The number of aryl methyl sites for hydroxylation is 2. The zero-order chi connectivity index (χ0) is 25.2. The lowest BCUT2D eigenvalue weighted by atomic mass is 10.0. The van der Waals surface area contributed by atoms with E-state index in [4.69, 9.17) is 24.5 Å². The molecule has 0 fully saturated rings. The van der Waals surface area contributed by atoms with Gasteiger partial charge in [-0.15, -0.1) is 0 Å². The lowest BCUT2D eigenvalue weighted by molar-refractivity contribution is -0.282. The van der Waals surface area contributed by atoms with Crippen molar-refractivity contribution in [2.75, 3.05) is 14.2 Å². The molecule has 0 saturated heterocycles. The molecule has 0 N–H and O–H groups in total. The summed E-state index contributed by atoms with van der Waals surface area (Å²) < 4.78 is 5.04. The predicted octanol–water partition coefficient (Wildman–Crippen LogP) is 6.58. The second-order valence-corrected chi connectivity index (χ2v) is 8.60. The van der Waals surface area contributed by atoms with Gasteiger partial charge in [0.15, 0.2) is 0 Å². The monoisotopic (exact) mass is 478 g/mol. The molecular weight excluding hydrogens is 452 g/mol. The van der Waals surface area contributed by atoms with Crippen LogP contribution in [0.2, 0.25) is 0 Å². The number of carbonyl (C=O) groups excluding carboxylic acids is 1. The van der Waals surface area contributed by atoms with E-state index in [9.17, 15) is 4.79 Å². The average molecular weight is 479 g/mol. The van der Waals surface area contributed by atoms with E-state index in [1.165, 1.54) is 14.2 Å². The number of ether oxygens (including phenoxy) is 1. The summed E-state index contributed by atoms with van der Waals surface area (Å²) in [5, 5.41) is 2.20. The Morgan fingerprint density at radius 2 is 1.33 bits per heavy atom. The zero-order valence-electron chi connectivity index (χ0n) is 20.7. The number of aliphatic imine (C=N–C) groups is 2. The maximum Gasteiger partial charge on any atom is 0.340 e. The predicted molar refractivity (Wildman–Crippen MR) is 142 cm³/mol. The molecule has 4 aromatic carbocycles. The topological polar surface area (TPSA) is 69.5 Å². The number of benzene rings is 4. The molecule has 0 unspecified atom stereocenters. The summed E-state index contributed by atoms with van der Waals surface area (Å²) in [7, 11) is 2.87. The van der Waals surface area contributed by atoms with Gasteiger partial charge in [-0.2, -0.15) is 0 Å². The first-order valence-electron chi connectivity index (χ1n) is 11.7. The molecule has 0 radical (unpaired) electrons. The molecule has 1 aliphatic carbocycles. The molecule has 6 nitrogen and oxygen atoms in total. The van der Waals surface area contributed by atoms with Gasteiger partial charge >= 0.3 is 5.97 Å². The van der Waals surface area contributed by atoms with Crippen molar-refractivity contribution in [3.63, 3.8) is 0 Å². The van der Waals surface area contributed by atoms with Crippen molar-refractivity contribution in [1.29, 1.82) is 0 Å². The number of esters is 1. The Kier molecular flexibility index (Phi) is 6.46. The molecule has 0 atom stereocenters. The standard InChI is InChI=1S/C30H26N2O4/c1-18-9-5-13-21(17-36-35-4)26(18)31-28-22-14-7-11-20-12-8-15-23(25(20)22)29(28)32-27-19(2)10-6-16-24(27)30(33)34-3/h5-16H,17H2,1-4H3. The van der Waals surface area contributed by atoms with E-state index in [1.807, 2.05) is 56.3 Å². The Bertz CT molecular complexity index is 1550. The SMILES string of the molecule is COOCc1cccc(C)c1N=C1C(=Nc2c(C)cccc2C(=O)OC)c2cccc3cccc1c23. The summed E-state index contributed by atoms with van der Waals surface area (Å²) in [4.78, 5) is 33.0. The van der Waals surface area contributed by atoms with Crippen LogP contribution in [-0.2, 0) is 21.1 Å². The minimum Gasteiger partial charge on any atom is -0.465 e. The molecule has 0 saturated carbocycles. The van der Waals surface area contributed by atoms with Crippen molar-refractivity contribution in [2.24, 2.45) is 9.98 Å². The smallest absolute Gasteiger partial charge is 0.340 e. The second kappa shape index (κ2) is 9.85. The van der Waals surface area contributed by atoms with Crippen molar-refractivity contribution in [1.82, 2.24) is 0 Å². The lowest BCUT2D eigenvalue weighted by Gasteiger charge is -2.12. The Morgan fingerprint density at radius 3 is 1.97 bits per heavy atom. The number of hydrogen-bond acceptors (Lipinski definition) is 6. The second-order valence-electron chi connectivity index (χ2n) is 8.60. The van der Waals surface area contributed by atoms with E-state index >= 15 is 0 Å². The first kappa shape index (κ1) is 23.6. The number of para-hydroxylation sites is 2. The van der Waals surface area contributed by atoms with Crippen LogP contribution in [0.5, 0.6) is 0 Å². The molecular formula is C30H26N2O4. The highest BCUT2D eigenvalue weighted by molar-refractivity contribution is 6.61. The number of nitrogens with zero attached hydrogens (tertiary/aromatic N) is 2. The van der Waals surface area contributed by atoms with Gasteiger partial charge in [0, 0.05) is 22.1 Å². The summed E-state index contributed by atoms with van der Waals surface area (Å²) in [5.74, 6) is -0.428. The molecule has 0 aromatic heterocycles. The van der Waals surface area contributed by atoms with Crippen LogP contribution in [0.3, 0.4) is 0 Å². The Morgan fingerprint density at radius 1 is 0.750 bits per heavy atom. The maximum atomic E-state index is 12.6. The van der Waals surface area contributed by atoms with Crippen LogP contribution in [-0.4, -0.2) is 31.6 Å². The first-order valence-corrected chi connectivity index (χ1v) is 11.7. The minimum atomic E-state index is -0.428. The molecule has 180 valence electrons. The van der Waals surface area contributed by atoms with Crippen LogP contribution in [0.15, 0.2) is 82.8 Å². The highest BCUT2D eigenvalue weighted by atomic mass is 17.2. The third kappa shape index (κ3) is 4.11. The zero-order valence-corrected chi connectivity index (χ0v) is 20.7. The van der Waals surface area contributed by atoms with Crippen molar-refractivity contribution < 1.29 is 19.3 Å². The molecule has 0 amide bonds. The van der Waals surface area contributed by atoms with Gasteiger partial charge in [-0.05, 0) is 36.4 Å². The van der Waals surface area contributed by atoms with E-state index in [2.05, 4.69) is 24.3 Å². The summed E-state index contributed by atoms with van der Waals surface area (Å²) >= 11 is 0. The fraction of sp³-hybridized carbons (Fsp3) is 0.167. The van der Waals surface area contributed by atoms with Crippen LogP contribution < -0.4 is 0 Å². The van der Waals surface area contributed by atoms with Gasteiger partial charge in [-0.1, -0.05) is 66.7 Å². The average Bonchev–Trinajstić information content (AvgIpc) is 3.19. The van der Waals surface area contributed by atoms with E-state index in [1.54, 1.807) is 6.07 Å². The molecule has 1 aliphatic rings. The maximum absolute atomic E-state index is 12.6. The minimum absolute atomic E-state index is 0.262. The van der Waals surface area contributed by atoms with Gasteiger partial charge < -0.3 is 4.74 Å². The normalized spacial score (nSPS) is 14.7. The Labute approximate surface area is 209 Å². The number of rotatable bonds is 6. The number of methoxy groups -OCH3 is 1. The molecule has 0 spiro atoms. The van der Waals surface area contributed by atoms with Crippen LogP contribution in [0.4, 0.5) is 11.4 Å². The van der Waals surface area contributed by atoms with E-state index < -0.39 is 5.97 Å². The van der Waals surface area contributed by atoms with Gasteiger partial charge in [0.2, 0.25) is 0 Å². The third-order valence-electron chi connectivity index (χ3n) is 6.38. The Hall–Kier alpha value is -4.13. The van der Waals surface area contributed by atoms with Crippen LogP contribution in [0, 0.1) is 13.8 Å². The fourth-order valence-corrected chi connectivity index (χ4v) is 4.64. The quantitative estimate of drug-likeness (QED) is 0.178. The van der Waals surface area contributed by atoms with Gasteiger partial charge in [-0.3, -0.25) is 0 Å². The van der Waals surface area contributed by atoms with Crippen LogP contribution >= 0.6 is 0 Å². The van der Waals surface area contributed by atoms with Crippen molar-refractivity contribution in [3.05, 3.63) is 106 Å². The Balaban J connectivity index is 1.80. The van der Waals surface area contributed by atoms with Crippen molar-refractivity contribution in [2.45, 2.75) is 20.5 Å². The highest BCUT2D eigenvalue weighted by Gasteiger charge is 2.28. The molecule has 6 heteroatoms. The summed E-state index contributed by atoms with van der Waals surface area (Å²) in [6, 6.07) is 23.8. The van der Waals surface area contributed by atoms with E-state index in [-0.39, 0.29) is 6.61 Å². The molecule has 0 bridgehead atoms. The lowest BCUT2D eigenvalue weighted by Crippen LogP contribution is -2.12. The van der Waals surface area contributed by atoms with E-state index in [0.29, 0.717) is 17.0 Å². The van der Waals surface area contributed by atoms with Gasteiger partial charge in [0.25, 0.3) is 0 Å². The fourth-order valence-electron chi connectivity index (χ4n) is 4.64. The van der Waals surface area contributed by atoms with E-state index in [0.717, 1.165) is 50.0 Å². The third-order valence-corrected chi connectivity index (χ3v) is 6.38. The number of hydrogen-bond donors (Lipinski definition) is 0. The van der Waals surface area contributed by atoms with Crippen molar-refractivity contribution >= 4 is 39.5 Å².